The van der Waals surface area contributed by atoms with Crippen LogP contribution in [-0.4, -0.2) is 35.2 Å². The number of nitrogens with one attached hydrogen (secondary N) is 1. The second-order valence-corrected chi connectivity index (χ2v) is 3.86. The normalized spacial score (nSPS) is 14.4. The van der Waals surface area contributed by atoms with Crippen LogP contribution >= 0.6 is 0 Å². The first-order valence-electron chi connectivity index (χ1n) is 5.42. The van der Waals surface area contributed by atoms with Gasteiger partial charge in [-0.25, -0.2) is 4.98 Å². The lowest BCUT2D eigenvalue weighted by Gasteiger charge is -2.19. The highest BCUT2D eigenvalue weighted by atomic mass is 16.5. The second-order valence-electron chi connectivity index (χ2n) is 3.86. The summed E-state index contributed by atoms with van der Waals surface area (Å²) in [4.78, 5) is 15.2. The molecular formula is C11H19N3O2. The molecule has 0 spiro atoms. The highest BCUT2D eigenvalue weighted by molar-refractivity contribution is 5.72. The Morgan fingerprint density at radius 2 is 2.31 bits per heavy atom. The molecule has 1 heterocycles. The van der Waals surface area contributed by atoms with E-state index >= 15 is 0 Å². The molecule has 5 nitrogen and oxygen atoms in total. The summed E-state index contributed by atoms with van der Waals surface area (Å²) < 4.78 is 6.68. The minimum absolute atomic E-state index is 0.107. The lowest BCUT2D eigenvalue weighted by Crippen LogP contribution is -2.38. The Bertz CT molecular complexity index is 311. The maximum absolute atomic E-state index is 11.3. The molecule has 5 heteroatoms. The molecule has 0 amide bonds. The van der Waals surface area contributed by atoms with Crippen molar-refractivity contribution >= 4 is 5.97 Å². The summed E-state index contributed by atoms with van der Waals surface area (Å²) in [6, 6.07) is 0.107. The van der Waals surface area contributed by atoms with Crippen LogP contribution in [0, 0.1) is 5.92 Å². The van der Waals surface area contributed by atoms with E-state index in [9.17, 15) is 4.79 Å². The van der Waals surface area contributed by atoms with Crippen molar-refractivity contribution in [3.8, 4) is 0 Å². The molecule has 2 atom stereocenters. The van der Waals surface area contributed by atoms with Crippen molar-refractivity contribution in [1.29, 1.82) is 0 Å². The van der Waals surface area contributed by atoms with Gasteiger partial charge in [0.25, 0.3) is 0 Å². The molecule has 1 rings (SSSR count). The van der Waals surface area contributed by atoms with Crippen molar-refractivity contribution in [3.05, 3.63) is 18.7 Å². The van der Waals surface area contributed by atoms with E-state index in [1.54, 1.807) is 12.5 Å². The van der Waals surface area contributed by atoms with E-state index in [0.29, 0.717) is 0 Å². The number of aromatic nitrogens is 2. The SMILES string of the molecule is COC(=O)C(C)C(C)NCCn1ccnc1. The van der Waals surface area contributed by atoms with Crippen LogP contribution in [0.15, 0.2) is 18.7 Å². The van der Waals surface area contributed by atoms with Crippen molar-refractivity contribution in [2.75, 3.05) is 13.7 Å². The van der Waals surface area contributed by atoms with Gasteiger partial charge < -0.3 is 14.6 Å². The predicted octanol–water partition coefficient (Wildman–Crippen LogP) is 0.670. The van der Waals surface area contributed by atoms with Gasteiger partial charge >= 0.3 is 5.97 Å². The van der Waals surface area contributed by atoms with E-state index in [2.05, 4.69) is 10.3 Å². The topological polar surface area (TPSA) is 56.1 Å². The van der Waals surface area contributed by atoms with Gasteiger partial charge in [0.15, 0.2) is 0 Å². The number of carbonyl (C=O) groups is 1. The van der Waals surface area contributed by atoms with Crippen LogP contribution in [0.1, 0.15) is 13.8 Å². The van der Waals surface area contributed by atoms with Crippen molar-refractivity contribution in [2.45, 2.75) is 26.4 Å². The fourth-order valence-corrected chi connectivity index (χ4v) is 1.41. The summed E-state index contributed by atoms with van der Waals surface area (Å²) in [5, 5.41) is 3.29. The Hall–Kier alpha value is -1.36. The monoisotopic (exact) mass is 225 g/mol. The van der Waals surface area contributed by atoms with Gasteiger partial charge in [0.1, 0.15) is 0 Å². The van der Waals surface area contributed by atoms with Crippen LogP contribution < -0.4 is 5.32 Å². The standard InChI is InChI=1S/C11H19N3O2/c1-9(11(15)16-3)10(2)13-5-7-14-6-4-12-8-14/h4,6,8-10,13H,5,7H2,1-3H3. The maximum atomic E-state index is 11.3. The number of imidazole rings is 1. The zero-order chi connectivity index (χ0) is 12.0. The van der Waals surface area contributed by atoms with Gasteiger partial charge in [-0.05, 0) is 6.92 Å². The van der Waals surface area contributed by atoms with Gasteiger partial charge in [-0.15, -0.1) is 0 Å². The van der Waals surface area contributed by atoms with E-state index in [1.807, 2.05) is 24.6 Å². The molecule has 90 valence electrons. The van der Waals surface area contributed by atoms with Gasteiger partial charge in [0, 0.05) is 31.5 Å². The predicted molar refractivity (Wildman–Crippen MR) is 60.9 cm³/mol. The lowest BCUT2D eigenvalue weighted by atomic mass is 10.0. The fourth-order valence-electron chi connectivity index (χ4n) is 1.41. The third-order valence-electron chi connectivity index (χ3n) is 2.72. The van der Waals surface area contributed by atoms with E-state index in [1.165, 1.54) is 7.11 Å². The number of hydrogen-bond donors (Lipinski definition) is 1. The molecule has 1 aromatic heterocycles. The minimum atomic E-state index is -0.178. The number of methoxy groups -OCH3 is 1. The number of rotatable bonds is 6. The van der Waals surface area contributed by atoms with Crippen LogP contribution in [0.25, 0.3) is 0 Å². The Kier molecular flexibility index (Phi) is 4.98. The number of esters is 1. The highest BCUT2D eigenvalue weighted by Crippen LogP contribution is 2.04. The molecule has 1 N–H and O–H groups in total. The number of hydrogen-bond acceptors (Lipinski definition) is 4. The number of nitrogens with zero attached hydrogens (tertiary/aromatic N) is 2. The quantitative estimate of drug-likeness (QED) is 0.723. The van der Waals surface area contributed by atoms with Crippen LogP contribution in [-0.2, 0) is 16.1 Å². The van der Waals surface area contributed by atoms with E-state index in [-0.39, 0.29) is 17.9 Å². The molecule has 0 bridgehead atoms. The molecule has 0 aromatic carbocycles. The smallest absolute Gasteiger partial charge is 0.309 e. The van der Waals surface area contributed by atoms with E-state index in [0.717, 1.165) is 13.1 Å². The molecule has 0 aliphatic carbocycles. The Morgan fingerprint density at radius 3 is 2.88 bits per heavy atom. The van der Waals surface area contributed by atoms with Crippen LogP contribution in [0.5, 0.6) is 0 Å². The first-order valence-corrected chi connectivity index (χ1v) is 5.42. The summed E-state index contributed by atoms with van der Waals surface area (Å²) in [7, 11) is 1.41. The molecule has 0 radical (unpaired) electrons. The molecule has 1 aromatic rings. The van der Waals surface area contributed by atoms with Crippen LogP contribution in [0.4, 0.5) is 0 Å². The Balaban J connectivity index is 2.24. The number of carbonyl (C=O) groups excluding carboxylic acids is 1. The molecule has 0 fully saturated rings. The van der Waals surface area contributed by atoms with Crippen molar-refractivity contribution in [1.82, 2.24) is 14.9 Å². The van der Waals surface area contributed by atoms with Crippen LogP contribution in [0.2, 0.25) is 0 Å². The lowest BCUT2D eigenvalue weighted by molar-refractivity contribution is -0.145. The van der Waals surface area contributed by atoms with Gasteiger partial charge in [0.2, 0.25) is 0 Å². The summed E-state index contributed by atoms with van der Waals surface area (Å²) in [6.45, 7) is 5.49. The largest absolute Gasteiger partial charge is 0.469 e. The summed E-state index contributed by atoms with van der Waals surface area (Å²) in [5.74, 6) is -0.310. The van der Waals surface area contributed by atoms with E-state index < -0.39 is 0 Å². The van der Waals surface area contributed by atoms with Gasteiger partial charge in [-0.2, -0.15) is 0 Å². The minimum Gasteiger partial charge on any atom is -0.469 e. The summed E-state index contributed by atoms with van der Waals surface area (Å²) in [5.41, 5.74) is 0. The van der Waals surface area contributed by atoms with Crippen molar-refractivity contribution in [3.63, 3.8) is 0 Å². The molecular weight excluding hydrogens is 206 g/mol. The number of ether oxygens (including phenoxy) is 1. The van der Waals surface area contributed by atoms with Gasteiger partial charge in [0.05, 0.1) is 19.4 Å². The molecule has 0 saturated heterocycles. The molecule has 0 aliphatic rings. The third-order valence-corrected chi connectivity index (χ3v) is 2.72. The van der Waals surface area contributed by atoms with Crippen molar-refractivity contribution < 1.29 is 9.53 Å². The molecule has 0 aliphatic heterocycles. The molecule has 0 saturated carbocycles. The van der Waals surface area contributed by atoms with Crippen molar-refractivity contribution in [2.24, 2.45) is 5.92 Å². The Morgan fingerprint density at radius 1 is 1.56 bits per heavy atom. The maximum Gasteiger partial charge on any atom is 0.309 e. The molecule has 16 heavy (non-hydrogen) atoms. The van der Waals surface area contributed by atoms with Crippen LogP contribution in [0.3, 0.4) is 0 Å². The van der Waals surface area contributed by atoms with E-state index in [4.69, 9.17) is 4.74 Å². The third kappa shape index (κ3) is 3.66. The second kappa shape index (κ2) is 6.27. The van der Waals surface area contributed by atoms with Gasteiger partial charge in [-0.1, -0.05) is 6.92 Å². The zero-order valence-electron chi connectivity index (χ0n) is 10.0. The zero-order valence-corrected chi connectivity index (χ0v) is 10.0. The molecule has 2 unspecified atom stereocenters. The first-order chi connectivity index (χ1) is 7.65. The Labute approximate surface area is 95.8 Å². The summed E-state index contributed by atoms with van der Waals surface area (Å²) in [6.07, 6.45) is 5.44. The summed E-state index contributed by atoms with van der Waals surface area (Å²) >= 11 is 0. The first kappa shape index (κ1) is 12.7. The average molecular weight is 225 g/mol. The fraction of sp³-hybridized carbons (Fsp3) is 0.636. The van der Waals surface area contributed by atoms with Gasteiger partial charge in [-0.3, -0.25) is 4.79 Å². The average Bonchev–Trinajstić information content (AvgIpc) is 2.79. The highest BCUT2D eigenvalue weighted by Gasteiger charge is 2.19.